The maximum Gasteiger partial charge on any atom is 0.321 e. The Hall–Kier alpha value is -1.92. The molecule has 1 aromatic carbocycles. The molecular weight excluding hydrogens is 298 g/mol. The Kier molecular flexibility index (Phi) is 4.13. The molecule has 116 valence electrons. The zero-order chi connectivity index (χ0) is 15.6. The van der Waals surface area contributed by atoms with Gasteiger partial charge in [0.05, 0.1) is 10.5 Å². The van der Waals surface area contributed by atoms with Crippen molar-refractivity contribution in [3.8, 4) is 10.4 Å². The van der Waals surface area contributed by atoms with Gasteiger partial charge in [0, 0.05) is 12.7 Å². The minimum Gasteiger partial charge on any atom is -0.388 e. The number of aliphatic hydroxyl groups is 1. The van der Waals surface area contributed by atoms with Crippen molar-refractivity contribution in [2.45, 2.75) is 31.8 Å². The second-order valence-corrected chi connectivity index (χ2v) is 6.76. The highest BCUT2D eigenvalue weighted by Gasteiger charge is 2.34. The van der Waals surface area contributed by atoms with Gasteiger partial charge >= 0.3 is 6.03 Å². The summed E-state index contributed by atoms with van der Waals surface area (Å²) < 4.78 is 0. The van der Waals surface area contributed by atoms with E-state index in [9.17, 15) is 9.90 Å². The number of amides is 2. The molecular formula is C16H19N3O2S. The summed E-state index contributed by atoms with van der Waals surface area (Å²) in [6.45, 7) is 2.34. The van der Waals surface area contributed by atoms with Crippen LogP contribution in [0, 0.1) is 6.92 Å². The number of nitrogens with zero attached hydrogens (tertiary/aromatic N) is 1. The third kappa shape index (κ3) is 3.28. The number of nitrogens with one attached hydrogen (secondary N) is 2. The SMILES string of the molecule is Cc1ccccc1-c1cnc(NC(=O)NCC2(O)CCC2)s1. The van der Waals surface area contributed by atoms with Gasteiger partial charge in [-0.1, -0.05) is 35.6 Å². The van der Waals surface area contributed by atoms with E-state index in [-0.39, 0.29) is 12.6 Å². The summed E-state index contributed by atoms with van der Waals surface area (Å²) in [5, 5.41) is 15.9. The van der Waals surface area contributed by atoms with E-state index in [1.807, 2.05) is 31.2 Å². The number of carbonyl (C=O) groups is 1. The van der Waals surface area contributed by atoms with Crippen LogP contribution in [0.1, 0.15) is 24.8 Å². The van der Waals surface area contributed by atoms with Gasteiger partial charge in [-0.05, 0) is 37.3 Å². The molecule has 1 heterocycles. The van der Waals surface area contributed by atoms with Gasteiger partial charge < -0.3 is 10.4 Å². The zero-order valence-corrected chi connectivity index (χ0v) is 13.2. The molecule has 6 heteroatoms. The predicted octanol–water partition coefficient (Wildman–Crippen LogP) is 3.16. The molecule has 1 saturated carbocycles. The van der Waals surface area contributed by atoms with Gasteiger partial charge in [0.1, 0.15) is 0 Å². The van der Waals surface area contributed by atoms with Crippen LogP contribution in [-0.2, 0) is 0 Å². The van der Waals surface area contributed by atoms with Gasteiger partial charge in [-0.15, -0.1) is 0 Å². The monoisotopic (exact) mass is 317 g/mol. The number of benzene rings is 1. The number of hydrogen-bond acceptors (Lipinski definition) is 4. The van der Waals surface area contributed by atoms with Crippen molar-refractivity contribution in [3.05, 3.63) is 36.0 Å². The van der Waals surface area contributed by atoms with Gasteiger partial charge in [-0.25, -0.2) is 9.78 Å². The molecule has 3 N–H and O–H groups in total. The third-order valence-corrected chi connectivity index (χ3v) is 4.95. The molecule has 3 rings (SSSR count). The number of hydrogen-bond donors (Lipinski definition) is 3. The van der Waals surface area contributed by atoms with Gasteiger partial charge in [-0.2, -0.15) is 0 Å². The molecule has 0 spiro atoms. The summed E-state index contributed by atoms with van der Waals surface area (Å²) in [7, 11) is 0. The van der Waals surface area contributed by atoms with E-state index in [1.165, 1.54) is 16.9 Å². The molecule has 1 aliphatic rings. The van der Waals surface area contributed by atoms with Crippen LogP contribution < -0.4 is 10.6 Å². The van der Waals surface area contributed by atoms with Crippen LogP contribution in [0.2, 0.25) is 0 Å². The number of aromatic nitrogens is 1. The van der Waals surface area contributed by atoms with Crippen LogP contribution >= 0.6 is 11.3 Å². The highest BCUT2D eigenvalue weighted by Crippen LogP contribution is 2.32. The second-order valence-electron chi connectivity index (χ2n) is 5.73. The number of anilines is 1. The molecule has 2 amide bonds. The first kappa shape index (κ1) is 15.0. The van der Waals surface area contributed by atoms with Crippen molar-refractivity contribution in [2.24, 2.45) is 0 Å². The highest BCUT2D eigenvalue weighted by atomic mass is 32.1. The predicted molar refractivity (Wildman–Crippen MR) is 88.1 cm³/mol. The van der Waals surface area contributed by atoms with Crippen molar-refractivity contribution < 1.29 is 9.90 Å². The van der Waals surface area contributed by atoms with E-state index < -0.39 is 5.60 Å². The maximum atomic E-state index is 11.8. The third-order valence-electron chi connectivity index (χ3n) is 4.00. The number of thiazole rings is 1. The molecule has 0 atom stereocenters. The molecule has 1 aliphatic carbocycles. The van der Waals surface area contributed by atoms with E-state index in [1.54, 1.807) is 6.20 Å². The highest BCUT2D eigenvalue weighted by molar-refractivity contribution is 7.19. The summed E-state index contributed by atoms with van der Waals surface area (Å²) in [5.74, 6) is 0. The fraction of sp³-hybridized carbons (Fsp3) is 0.375. The van der Waals surface area contributed by atoms with Crippen LogP contribution in [0.4, 0.5) is 9.93 Å². The standard InChI is InChI=1S/C16H19N3O2S/c1-11-5-2-3-6-12(11)13-9-17-15(22-13)19-14(20)18-10-16(21)7-4-8-16/h2-3,5-6,9,21H,4,7-8,10H2,1H3,(H2,17,18,19,20). The lowest BCUT2D eigenvalue weighted by molar-refractivity contribution is -0.0287. The minimum absolute atomic E-state index is 0.287. The van der Waals surface area contributed by atoms with E-state index >= 15 is 0 Å². The lowest BCUT2D eigenvalue weighted by Gasteiger charge is -2.36. The Bertz CT molecular complexity index is 680. The van der Waals surface area contributed by atoms with Crippen LogP contribution in [0.3, 0.4) is 0 Å². The fourth-order valence-corrected chi connectivity index (χ4v) is 3.36. The molecule has 0 bridgehead atoms. The van der Waals surface area contributed by atoms with E-state index in [2.05, 4.69) is 15.6 Å². The smallest absolute Gasteiger partial charge is 0.321 e. The molecule has 1 fully saturated rings. The number of urea groups is 1. The first-order valence-electron chi connectivity index (χ1n) is 7.35. The van der Waals surface area contributed by atoms with Crippen LogP contribution in [0.5, 0.6) is 0 Å². The number of carbonyl (C=O) groups excluding carboxylic acids is 1. The molecule has 0 saturated heterocycles. The summed E-state index contributed by atoms with van der Waals surface area (Å²) in [6.07, 6.45) is 4.29. The maximum absolute atomic E-state index is 11.8. The molecule has 22 heavy (non-hydrogen) atoms. The fourth-order valence-electron chi connectivity index (χ4n) is 2.45. The van der Waals surface area contributed by atoms with Gasteiger partial charge in [0.25, 0.3) is 0 Å². The molecule has 5 nitrogen and oxygen atoms in total. The first-order valence-corrected chi connectivity index (χ1v) is 8.16. The van der Waals surface area contributed by atoms with Crippen LogP contribution in [-0.4, -0.2) is 28.3 Å². The summed E-state index contributed by atoms with van der Waals surface area (Å²) in [5.41, 5.74) is 1.58. The van der Waals surface area contributed by atoms with E-state index in [0.29, 0.717) is 5.13 Å². The molecule has 0 aliphatic heterocycles. The normalized spacial score (nSPS) is 15.9. The van der Waals surface area contributed by atoms with Crippen molar-refractivity contribution in [3.63, 3.8) is 0 Å². The average molecular weight is 317 g/mol. The van der Waals surface area contributed by atoms with Crippen LogP contribution in [0.15, 0.2) is 30.5 Å². The summed E-state index contributed by atoms with van der Waals surface area (Å²) in [6, 6.07) is 7.75. The quantitative estimate of drug-likeness (QED) is 0.811. The van der Waals surface area contributed by atoms with Crippen molar-refractivity contribution >= 4 is 22.5 Å². The molecule has 2 aromatic rings. The van der Waals surface area contributed by atoms with E-state index in [4.69, 9.17) is 0 Å². The molecule has 0 radical (unpaired) electrons. The molecule has 0 unspecified atom stereocenters. The Morgan fingerprint density at radius 3 is 2.86 bits per heavy atom. The number of aryl methyl sites for hydroxylation is 1. The Labute approximate surface area is 133 Å². The molecule has 1 aromatic heterocycles. The van der Waals surface area contributed by atoms with Crippen molar-refractivity contribution in [1.82, 2.24) is 10.3 Å². The summed E-state index contributed by atoms with van der Waals surface area (Å²) in [4.78, 5) is 17.1. The topological polar surface area (TPSA) is 74.2 Å². The Morgan fingerprint density at radius 2 is 2.18 bits per heavy atom. The van der Waals surface area contributed by atoms with Crippen molar-refractivity contribution in [2.75, 3.05) is 11.9 Å². The second kappa shape index (κ2) is 6.06. The van der Waals surface area contributed by atoms with Gasteiger partial charge in [-0.3, -0.25) is 5.32 Å². The van der Waals surface area contributed by atoms with E-state index in [0.717, 1.165) is 29.7 Å². The Morgan fingerprint density at radius 1 is 1.41 bits per heavy atom. The van der Waals surface area contributed by atoms with Gasteiger partial charge in [0.15, 0.2) is 5.13 Å². The van der Waals surface area contributed by atoms with Crippen LogP contribution in [0.25, 0.3) is 10.4 Å². The van der Waals surface area contributed by atoms with Crippen molar-refractivity contribution in [1.29, 1.82) is 0 Å². The lowest BCUT2D eigenvalue weighted by Crippen LogP contribution is -2.48. The zero-order valence-electron chi connectivity index (χ0n) is 12.4. The minimum atomic E-state index is -0.716. The average Bonchev–Trinajstić information content (AvgIpc) is 2.92. The lowest BCUT2D eigenvalue weighted by atomic mass is 9.80. The summed E-state index contributed by atoms with van der Waals surface area (Å²) >= 11 is 1.44. The number of rotatable bonds is 4. The largest absolute Gasteiger partial charge is 0.388 e. The van der Waals surface area contributed by atoms with Gasteiger partial charge in [0.2, 0.25) is 0 Å². The first-order chi connectivity index (χ1) is 10.6. The Balaban J connectivity index is 1.59.